The van der Waals surface area contributed by atoms with Crippen LogP contribution < -0.4 is 16.0 Å². The van der Waals surface area contributed by atoms with Crippen LogP contribution in [0.1, 0.15) is 39.9 Å². The average molecular weight is 606 g/mol. The van der Waals surface area contributed by atoms with Gasteiger partial charge < -0.3 is 20.9 Å². The third-order valence-corrected chi connectivity index (χ3v) is 7.88. The molecule has 0 bridgehead atoms. The second-order valence-electron chi connectivity index (χ2n) is 11.4. The Bertz CT molecular complexity index is 1640. The summed E-state index contributed by atoms with van der Waals surface area (Å²) in [6.45, 7) is 5.07. The highest BCUT2D eigenvalue weighted by Gasteiger charge is 2.34. The lowest BCUT2D eigenvalue weighted by Gasteiger charge is -2.33. The summed E-state index contributed by atoms with van der Waals surface area (Å²) in [5, 5.41) is 9.39. The van der Waals surface area contributed by atoms with Gasteiger partial charge >= 0.3 is 6.18 Å². The lowest BCUT2D eigenvalue weighted by atomic mass is 10.0. The molecule has 4 aromatic rings. The van der Waals surface area contributed by atoms with E-state index in [0.717, 1.165) is 43.4 Å². The molecule has 1 aliphatic carbocycles. The van der Waals surface area contributed by atoms with Crippen LogP contribution >= 0.6 is 0 Å². The van der Waals surface area contributed by atoms with Crippen molar-refractivity contribution in [1.82, 2.24) is 29.3 Å². The van der Waals surface area contributed by atoms with Gasteiger partial charge in [-0.2, -0.15) is 13.2 Å². The van der Waals surface area contributed by atoms with Crippen molar-refractivity contribution in [2.45, 2.75) is 38.5 Å². The predicted octanol–water partition coefficient (Wildman–Crippen LogP) is 5.31. The van der Waals surface area contributed by atoms with E-state index < -0.39 is 17.6 Å². The summed E-state index contributed by atoms with van der Waals surface area (Å²) in [5.41, 5.74) is 1.28. The molecule has 44 heavy (non-hydrogen) atoms. The Balaban J connectivity index is 1.18. The van der Waals surface area contributed by atoms with Gasteiger partial charge in [-0.05, 0) is 62.2 Å². The van der Waals surface area contributed by atoms with Gasteiger partial charge in [0.15, 0.2) is 0 Å². The molecule has 2 aliphatic rings. The molecule has 2 aromatic heterocycles. The minimum absolute atomic E-state index is 0.0653. The third-order valence-electron chi connectivity index (χ3n) is 7.88. The van der Waals surface area contributed by atoms with Crippen LogP contribution in [-0.4, -0.2) is 74.5 Å². The molecular formula is C31H34F3N9O. The first-order valence-electron chi connectivity index (χ1n) is 14.5. The van der Waals surface area contributed by atoms with Crippen molar-refractivity contribution in [2.75, 3.05) is 49.2 Å². The van der Waals surface area contributed by atoms with Crippen molar-refractivity contribution in [3.8, 4) is 5.82 Å². The fourth-order valence-electron chi connectivity index (χ4n) is 5.10. The number of aromatic nitrogens is 4. The molecule has 1 amide bonds. The minimum atomic E-state index is -4.58. The number of carbonyl (C=O) groups excluding carboxylic acids is 1. The van der Waals surface area contributed by atoms with Gasteiger partial charge in [-0.1, -0.05) is 12.1 Å². The Morgan fingerprint density at radius 3 is 2.55 bits per heavy atom. The number of carbonyl (C=O) groups is 1. The van der Waals surface area contributed by atoms with Crippen molar-refractivity contribution in [3.63, 3.8) is 0 Å². The number of halogens is 3. The number of alkyl halides is 3. The Morgan fingerprint density at radius 2 is 1.80 bits per heavy atom. The molecule has 13 heteroatoms. The van der Waals surface area contributed by atoms with Crippen molar-refractivity contribution >= 4 is 29.0 Å². The highest BCUT2D eigenvalue weighted by molar-refractivity contribution is 6.04. The van der Waals surface area contributed by atoms with E-state index >= 15 is 0 Å². The number of amides is 1. The smallest absolute Gasteiger partial charge is 0.367 e. The number of nitrogens with zero attached hydrogens (tertiary/aromatic N) is 6. The zero-order chi connectivity index (χ0) is 30.8. The van der Waals surface area contributed by atoms with E-state index in [-0.39, 0.29) is 17.7 Å². The maximum Gasteiger partial charge on any atom is 0.416 e. The Morgan fingerprint density at radius 1 is 1.00 bits per heavy atom. The van der Waals surface area contributed by atoms with Crippen LogP contribution in [0.25, 0.3) is 5.82 Å². The van der Waals surface area contributed by atoms with E-state index in [1.165, 1.54) is 18.5 Å². The summed E-state index contributed by atoms with van der Waals surface area (Å²) >= 11 is 0. The summed E-state index contributed by atoms with van der Waals surface area (Å²) in [6.07, 6.45) is 2.57. The number of piperazine rings is 1. The van der Waals surface area contributed by atoms with Crippen LogP contribution in [0.5, 0.6) is 0 Å². The molecule has 1 saturated heterocycles. The predicted molar refractivity (Wildman–Crippen MR) is 162 cm³/mol. The van der Waals surface area contributed by atoms with Gasteiger partial charge in [-0.15, -0.1) is 0 Å². The van der Waals surface area contributed by atoms with E-state index in [0.29, 0.717) is 42.3 Å². The summed E-state index contributed by atoms with van der Waals surface area (Å²) in [5.74, 6) is 1.23. The number of anilines is 4. The van der Waals surface area contributed by atoms with Crippen LogP contribution in [0.4, 0.5) is 36.3 Å². The zero-order valence-electron chi connectivity index (χ0n) is 24.5. The number of rotatable bonds is 9. The molecule has 0 unspecified atom stereocenters. The molecule has 0 spiro atoms. The average Bonchev–Trinajstić information content (AvgIpc) is 3.69. The minimum Gasteiger partial charge on any atom is -0.367 e. The summed E-state index contributed by atoms with van der Waals surface area (Å²) in [4.78, 5) is 30.4. The monoisotopic (exact) mass is 605 g/mol. The van der Waals surface area contributed by atoms with E-state index in [2.05, 4.69) is 35.8 Å². The van der Waals surface area contributed by atoms with Crippen molar-refractivity contribution in [1.29, 1.82) is 0 Å². The largest absolute Gasteiger partial charge is 0.416 e. The number of aryl methyl sites for hydroxylation is 1. The first-order chi connectivity index (χ1) is 21.1. The van der Waals surface area contributed by atoms with E-state index in [4.69, 9.17) is 0 Å². The molecule has 0 radical (unpaired) electrons. The first-order valence-corrected chi connectivity index (χ1v) is 14.5. The standard InChI is InChI=1S/C31H34F3N9O/c1-20-3-6-24(16-26(20)40-30-35-9-10-43(30)28-17-27(36-19-37-28)38-23-7-8-23)39-29(44)21-4-5-22(25(15-21)31(32,33)34)18-42-13-11-41(2)12-14-42/h3-6,9-10,15-17,19,23H,7-8,11-14,18H2,1-2H3,(H,35,40)(H,39,44)(H,36,37,38). The zero-order valence-corrected chi connectivity index (χ0v) is 24.5. The molecule has 230 valence electrons. The van der Waals surface area contributed by atoms with Gasteiger partial charge in [0.25, 0.3) is 5.91 Å². The maximum atomic E-state index is 14.1. The SMILES string of the molecule is Cc1ccc(NC(=O)c2ccc(CN3CCN(C)CC3)c(C(F)(F)F)c2)cc1Nc1nccn1-c1cc(NC2CC2)ncn1. The van der Waals surface area contributed by atoms with Gasteiger partial charge in [-0.3, -0.25) is 14.3 Å². The van der Waals surface area contributed by atoms with E-state index in [1.807, 2.05) is 31.0 Å². The second-order valence-corrected chi connectivity index (χ2v) is 11.4. The number of imidazole rings is 1. The Hall–Kier alpha value is -4.49. The number of hydrogen-bond donors (Lipinski definition) is 3. The number of likely N-dealkylation sites (N-methyl/N-ethyl adjacent to an activating group) is 1. The van der Waals surface area contributed by atoms with Gasteiger partial charge in [-0.25, -0.2) is 15.0 Å². The second kappa shape index (κ2) is 12.2. The molecule has 10 nitrogen and oxygen atoms in total. The maximum absolute atomic E-state index is 14.1. The van der Waals surface area contributed by atoms with E-state index in [1.54, 1.807) is 29.1 Å². The normalized spacial score (nSPS) is 16.1. The lowest BCUT2D eigenvalue weighted by Crippen LogP contribution is -2.44. The fraction of sp³-hybridized carbons (Fsp3) is 0.355. The quantitative estimate of drug-likeness (QED) is 0.236. The topological polar surface area (TPSA) is 103 Å². The first kappa shape index (κ1) is 29.6. The molecule has 3 N–H and O–H groups in total. The molecule has 1 aliphatic heterocycles. The van der Waals surface area contributed by atoms with Crippen LogP contribution in [0.3, 0.4) is 0 Å². The molecule has 0 atom stereocenters. The van der Waals surface area contributed by atoms with Crippen molar-refractivity contribution in [2.24, 2.45) is 0 Å². The van der Waals surface area contributed by atoms with Crippen molar-refractivity contribution in [3.05, 3.63) is 83.4 Å². The van der Waals surface area contributed by atoms with Gasteiger partial charge in [0, 0.05) is 74.2 Å². The Kier molecular flexibility index (Phi) is 8.23. The number of nitrogens with one attached hydrogen (secondary N) is 3. The van der Waals surface area contributed by atoms with Crippen molar-refractivity contribution < 1.29 is 18.0 Å². The molecule has 3 heterocycles. The van der Waals surface area contributed by atoms with Crippen LogP contribution in [0, 0.1) is 6.92 Å². The molecule has 2 fully saturated rings. The molecular weight excluding hydrogens is 571 g/mol. The highest BCUT2D eigenvalue weighted by atomic mass is 19.4. The molecule has 1 saturated carbocycles. The lowest BCUT2D eigenvalue weighted by molar-refractivity contribution is -0.138. The summed E-state index contributed by atoms with van der Waals surface area (Å²) in [6, 6.07) is 11.3. The van der Waals surface area contributed by atoms with Gasteiger partial charge in [0.2, 0.25) is 5.95 Å². The van der Waals surface area contributed by atoms with Crippen LogP contribution in [-0.2, 0) is 12.7 Å². The molecule has 6 rings (SSSR count). The number of benzene rings is 2. The Labute approximate surface area is 253 Å². The van der Waals surface area contributed by atoms with Crippen LogP contribution in [0.15, 0.2) is 61.2 Å². The van der Waals surface area contributed by atoms with E-state index in [9.17, 15) is 18.0 Å². The van der Waals surface area contributed by atoms with Gasteiger partial charge in [0.05, 0.1) is 5.56 Å². The highest BCUT2D eigenvalue weighted by Crippen LogP contribution is 2.34. The number of hydrogen-bond acceptors (Lipinski definition) is 8. The third kappa shape index (κ3) is 7.00. The fourth-order valence-corrected chi connectivity index (χ4v) is 5.10. The summed E-state index contributed by atoms with van der Waals surface area (Å²) < 4.78 is 44.0. The molecule has 2 aromatic carbocycles. The summed E-state index contributed by atoms with van der Waals surface area (Å²) in [7, 11) is 2.00. The van der Waals surface area contributed by atoms with Crippen LogP contribution in [0.2, 0.25) is 0 Å². The van der Waals surface area contributed by atoms with Gasteiger partial charge in [0.1, 0.15) is 18.0 Å².